The molecule has 4 atom stereocenters. The largest absolute Gasteiger partial charge is 0.491 e. The Bertz CT molecular complexity index is 1110. The first-order chi connectivity index (χ1) is 17.3. The number of hydrogen-bond acceptors (Lipinski definition) is 5. The Morgan fingerprint density at radius 1 is 1.22 bits per heavy atom. The first-order valence-electron chi connectivity index (χ1n) is 12.3. The average Bonchev–Trinajstić information content (AvgIpc) is 3.27. The van der Waals surface area contributed by atoms with E-state index < -0.39 is 24.0 Å². The molecule has 0 bridgehead atoms. The van der Waals surface area contributed by atoms with Crippen molar-refractivity contribution in [3.63, 3.8) is 0 Å². The Labute approximate surface area is 209 Å². The van der Waals surface area contributed by atoms with Gasteiger partial charge in [0, 0.05) is 6.54 Å². The zero-order valence-corrected chi connectivity index (χ0v) is 20.4. The second kappa shape index (κ2) is 11.1. The molecule has 2 aromatic carbocycles. The van der Waals surface area contributed by atoms with Crippen LogP contribution in [0.4, 0.5) is 4.39 Å². The van der Waals surface area contributed by atoms with Crippen LogP contribution < -0.4 is 15.4 Å². The van der Waals surface area contributed by atoms with E-state index in [-0.39, 0.29) is 55.6 Å². The van der Waals surface area contributed by atoms with Gasteiger partial charge in [0.2, 0.25) is 17.7 Å². The average molecular weight is 498 g/mol. The van der Waals surface area contributed by atoms with Crippen LogP contribution in [0.1, 0.15) is 43.9 Å². The molecule has 36 heavy (non-hydrogen) atoms. The van der Waals surface area contributed by atoms with Crippen molar-refractivity contribution in [2.45, 2.75) is 51.4 Å². The Morgan fingerprint density at radius 3 is 2.67 bits per heavy atom. The molecule has 4 rings (SSSR count). The summed E-state index contributed by atoms with van der Waals surface area (Å²) in [5.74, 6) is -1.08. The minimum atomic E-state index is -0.755. The van der Waals surface area contributed by atoms with E-state index in [2.05, 4.69) is 10.6 Å². The van der Waals surface area contributed by atoms with Gasteiger partial charge in [-0.3, -0.25) is 14.4 Å². The number of ether oxygens (including phenoxy) is 1. The van der Waals surface area contributed by atoms with Gasteiger partial charge in [0.25, 0.3) is 0 Å². The summed E-state index contributed by atoms with van der Waals surface area (Å²) in [7, 11) is 0. The number of benzene rings is 2. The highest BCUT2D eigenvalue weighted by Crippen LogP contribution is 2.44. The van der Waals surface area contributed by atoms with E-state index >= 15 is 0 Å². The molecule has 2 aromatic rings. The van der Waals surface area contributed by atoms with Crippen LogP contribution in [0.25, 0.3) is 0 Å². The summed E-state index contributed by atoms with van der Waals surface area (Å²) in [6.45, 7) is 4.13. The van der Waals surface area contributed by atoms with Crippen molar-refractivity contribution in [3.8, 4) is 5.75 Å². The number of carbonyl (C=O) groups is 3. The van der Waals surface area contributed by atoms with Crippen LogP contribution in [0.3, 0.4) is 0 Å². The number of hydrogen-bond donors (Lipinski definition) is 3. The zero-order chi connectivity index (χ0) is 25.8. The lowest BCUT2D eigenvalue weighted by Crippen LogP contribution is -2.61. The molecule has 8 nitrogen and oxygen atoms in total. The number of rotatable bonds is 9. The summed E-state index contributed by atoms with van der Waals surface area (Å²) < 4.78 is 18.8. The van der Waals surface area contributed by atoms with Crippen molar-refractivity contribution >= 4 is 17.7 Å². The molecular weight excluding hydrogens is 465 g/mol. The summed E-state index contributed by atoms with van der Waals surface area (Å²) >= 11 is 0. The highest BCUT2D eigenvalue weighted by molar-refractivity contribution is 5.99. The lowest BCUT2D eigenvalue weighted by Gasteiger charge is -2.39. The second-order valence-corrected chi connectivity index (χ2v) is 9.73. The van der Waals surface area contributed by atoms with Gasteiger partial charge in [0.05, 0.1) is 18.6 Å². The maximum Gasteiger partial charge on any atom is 0.246 e. The fraction of sp³-hybridized carbons (Fsp3) is 0.444. The molecule has 0 aromatic heterocycles. The van der Waals surface area contributed by atoms with Crippen LogP contribution in [-0.2, 0) is 20.9 Å². The molecule has 2 heterocycles. The van der Waals surface area contributed by atoms with Crippen molar-refractivity contribution in [1.29, 1.82) is 0 Å². The molecule has 0 saturated carbocycles. The monoisotopic (exact) mass is 497 g/mol. The number of halogens is 1. The standard InChI is InChI=1S/C27H32FN3O5/c1-16(2)12-22-27(35)31-23(26(34)30-22)14-21(25(33)29-15-17-6-8-19(28)9-7-17)24(31)18-4-3-5-20(13-18)36-11-10-32/h3-9,13,16,21-24,32H,10-12,14-15H2,1-2H3,(H,29,33)(H,30,34)/t21-,22+,23-,24-/m1/s1. The third-order valence-electron chi connectivity index (χ3n) is 6.65. The smallest absolute Gasteiger partial charge is 0.246 e. The number of aliphatic hydroxyl groups excluding tert-OH is 1. The van der Waals surface area contributed by atoms with Gasteiger partial charge in [0.1, 0.15) is 30.3 Å². The molecule has 192 valence electrons. The lowest BCUT2D eigenvalue weighted by atomic mass is 9.92. The normalized spacial score (nSPS) is 23.4. The number of amides is 3. The summed E-state index contributed by atoms with van der Waals surface area (Å²) in [5, 5.41) is 14.9. The van der Waals surface area contributed by atoms with Gasteiger partial charge in [-0.15, -0.1) is 0 Å². The number of fused-ring (bicyclic) bond motifs is 1. The highest BCUT2D eigenvalue weighted by Gasteiger charge is 2.54. The van der Waals surface area contributed by atoms with E-state index in [0.717, 1.165) is 5.56 Å². The van der Waals surface area contributed by atoms with E-state index in [4.69, 9.17) is 9.84 Å². The third-order valence-corrected chi connectivity index (χ3v) is 6.65. The maximum absolute atomic E-state index is 13.6. The van der Waals surface area contributed by atoms with Crippen molar-refractivity contribution < 1.29 is 28.6 Å². The molecule has 0 aliphatic carbocycles. The van der Waals surface area contributed by atoms with E-state index in [1.165, 1.54) is 12.1 Å². The summed E-state index contributed by atoms with van der Waals surface area (Å²) in [6, 6.07) is 10.9. The Kier molecular flexibility index (Phi) is 7.88. The van der Waals surface area contributed by atoms with Crippen LogP contribution in [0.2, 0.25) is 0 Å². The number of carbonyl (C=O) groups excluding carboxylic acids is 3. The zero-order valence-electron chi connectivity index (χ0n) is 20.4. The maximum atomic E-state index is 13.6. The van der Waals surface area contributed by atoms with Crippen molar-refractivity contribution in [1.82, 2.24) is 15.5 Å². The van der Waals surface area contributed by atoms with E-state index in [0.29, 0.717) is 17.7 Å². The summed E-state index contributed by atoms with van der Waals surface area (Å²) in [5.41, 5.74) is 1.42. The van der Waals surface area contributed by atoms with Gasteiger partial charge in [-0.1, -0.05) is 38.1 Å². The van der Waals surface area contributed by atoms with E-state index in [9.17, 15) is 18.8 Å². The molecular formula is C27H32FN3O5. The van der Waals surface area contributed by atoms with Gasteiger partial charge >= 0.3 is 0 Å². The Balaban J connectivity index is 1.64. The van der Waals surface area contributed by atoms with Gasteiger partial charge in [-0.25, -0.2) is 4.39 Å². The number of piperazine rings is 1. The minimum Gasteiger partial charge on any atom is -0.491 e. The molecule has 0 unspecified atom stereocenters. The number of nitrogens with zero attached hydrogens (tertiary/aromatic N) is 1. The number of aliphatic hydroxyl groups is 1. The quantitative estimate of drug-likeness (QED) is 0.493. The van der Waals surface area contributed by atoms with E-state index in [1.807, 2.05) is 19.9 Å². The van der Waals surface area contributed by atoms with Crippen molar-refractivity contribution in [2.75, 3.05) is 13.2 Å². The lowest BCUT2D eigenvalue weighted by molar-refractivity contribution is -0.150. The van der Waals surface area contributed by atoms with Crippen LogP contribution in [0.5, 0.6) is 5.75 Å². The number of nitrogens with one attached hydrogen (secondary N) is 2. The topological polar surface area (TPSA) is 108 Å². The highest BCUT2D eigenvalue weighted by atomic mass is 19.1. The van der Waals surface area contributed by atoms with Crippen LogP contribution >= 0.6 is 0 Å². The van der Waals surface area contributed by atoms with Crippen LogP contribution in [0.15, 0.2) is 48.5 Å². The minimum absolute atomic E-state index is 0.111. The van der Waals surface area contributed by atoms with Gasteiger partial charge in [-0.05, 0) is 54.2 Å². The molecule has 2 fully saturated rings. The van der Waals surface area contributed by atoms with Crippen molar-refractivity contribution in [2.24, 2.45) is 11.8 Å². The SMILES string of the molecule is CC(C)C[C@@H]1NC(=O)[C@H]2C[C@@H](C(=O)NCc3ccc(F)cc3)[C@@H](c3cccc(OCCO)c3)N2C1=O. The van der Waals surface area contributed by atoms with Gasteiger partial charge in [-0.2, -0.15) is 0 Å². The predicted molar refractivity (Wildman–Crippen MR) is 130 cm³/mol. The Morgan fingerprint density at radius 2 is 1.97 bits per heavy atom. The van der Waals surface area contributed by atoms with Gasteiger partial charge in [0.15, 0.2) is 0 Å². The van der Waals surface area contributed by atoms with Crippen molar-refractivity contribution in [3.05, 3.63) is 65.5 Å². The predicted octanol–water partition coefficient (Wildman–Crippen LogP) is 2.32. The molecule has 2 aliphatic heterocycles. The molecule has 3 amide bonds. The summed E-state index contributed by atoms with van der Waals surface area (Å²) in [6.07, 6.45) is 0.690. The van der Waals surface area contributed by atoms with Crippen LogP contribution in [-0.4, -0.2) is 53.0 Å². The first-order valence-corrected chi connectivity index (χ1v) is 12.3. The fourth-order valence-electron chi connectivity index (χ4n) is 5.05. The molecule has 9 heteroatoms. The second-order valence-electron chi connectivity index (χ2n) is 9.73. The fourth-order valence-corrected chi connectivity index (χ4v) is 5.05. The Hall–Kier alpha value is -3.46. The molecule has 3 N–H and O–H groups in total. The van der Waals surface area contributed by atoms with Crippen LogP contribution in [0, 0.1) is 17.7 Å². The summed E-state index contributed by atoms with van der Waals surface area (Å²) in [4.78, 5) is 41.6. The molecule has 0 spiro atoms. The molecule has 0 radical (unpaired) electrons. The first kappa shape index (κ1) is 25.6. The van der Waals surface area contributed by atoms with Gasteiger partial charge < -0.3 is 25.4 Å². The third kappa shape index (κ3) is 5.51. The van der Waals surface area contributed by atoms with E-state index in [1.54, 1.807) is 35.2 Å². The molecule has 2 aliphatic rings. The molecule has 2 saturated heterocycles.